The molecule has 0 radical (unpaired) electrons. The average Bonchev–Trinajstić information content (AvgIpc) is 3.41. The van der Waals surface area contributed by atoms with Crippen molar-refractivity contribution in [3.63, 3.8) is 0 Å². The van der Waals surface area contributed by atoms with Crippen LogP contribution >= 0.6 is 22.9 Å². The van der Waals surface area contributed by atoms with E-state index in [1.807, 2.05) is 0 Å². The number of nitrogens with one attached hydrogen (secondary N) is 1. The van der Waals surface area contributed by atoms with Crippen molar-refractivity contribution in [1.29, 1.82) is 0 Å². The van der Waals surface area contributed by atoms with Crippen molar-refractivity contribution in [2.24, 2.45) is 5.92 Å². The third kappa shape index (κ3) is 4.73. The lowest BCUT2D eigenvalue weighted by molar-refractivity contribution is -0.132. The maximum atomic E-state index is 13.7. The molecule has 2 N–H and O–H groups in total. The number of aliphatic hydroxyl groups is 1. The molecule has 1 aliphatic heterocycles. The van der Waals surface area contributed by atoms with Gasteiger partial charge in [0.2, 0.25) is 5.60 Å². The van der Waals surface area contributed by atoms with Gasteiger partial charge in [0.15, 0.2) is 0 Å². The van der Waals surface area contributed by atoms with Crippen LogP contribution in [-0.4, -0.2) is 34.5 Å². The lowest BCUT2D eigenvalue weighted by Gasteiger charge is -2.32. The summed E-state index contributed by atoms with van der Waals surface area (Å²) in [7, 11) is 0. The summed E-state index contributed by atoms with van der Waals surface area (Å²) in [4.78, 5) is 31.6. The molecular weight excluding hydrogens is 527 g/mol. The van der Waals surface area contributed by atoms with E-state index in [-0.39, 0.29) is 27.4 Å². The van der Waals surface area contributed by atoms with Gasteiger partial charge in [0.05, 0.1) is 21.2 Å². The van der Waals surface area contributed by atoms with Gasteiger partial charge >= 0.3 is 0 Å². The summed E-state index contributed by atoms with van der Waals surface area (Å²) in [5.74, 6) is -1.58. The second kappa shape index (κ2) is 10.1. The van der Waals surface area contributed by atoms with Crippen LogP contribution in [0.1, 0.15) is 58.6 Å². The predicted octanol–water partition coefficient (Wildman–Crippen LogP) is 5.44. The SMILES string of the molecule is O=C(NC1CCC(CN2C(=O)C(O)(c3cc(F)cs3)c3ccccc32)CC1)c1cc(Cl)cnc1C(F)F. The van der Waals surface area contributed by atoms with E-state index in [2.05, 4.69) is 10.3 Å². The summed E-state index contributed by atoms with van der Waals surface area (Å²) in [6.45, 7) is 0.362. The summed E-state index contributed by atoms with van der Waals surface area (Å²) in [5.41, 5.74) is -1.78. The molecule has 1 unspecified atom stereocenters. The maximum absolute atomic E-state index is 13.7. The highest BCUT2D eigenvalue weighted by atomic mass is 35.5. The van der Waals surface area contributed by atoms with Crippen LogP contribution in [0.4, 0.5) is 18.9 Å². The zero-order chi connectivity index (χ0) is 26.3. The van der Waals surface area contributed by atoms with Crippen LogP contribution in [0.3, 0.4) is 0 Å². The molecule has 1 atom stereocenters. The molecule has 2 aromatic heterocycles. The second-order valence-electron chi connectivity index (χ2n) is 9.35. The summed E-state index contributed by atoms with van der Waals surface area (Å²) < 4.78 is 40.3. The number of nitrogens with zero attached hydrogens (tertiary/aromatic N) is 2. The highest BCUT2D eigenvalue weighted by Crippen LogP contribution is 2.46. The molecule has 0 spiro atoms. The number of rotatable bonds is 6. The molecule has 3 aromatic rings. The molecule has 0 saturated heterocycles. The van der Waals surface area contributed by atoms with Gasteiger partial charge in [0.1, 0.15) is 11.5 Å². The van der Waals surface area contributed by atoms with Gasteiger partial charge in [0.25, 0.3) is 18.2 Å². The lowest BCUT2D eigenvalue weighted by atomic mass is 9.85. The first-order chi connectivity index (χ1) is 17.7. The molecule has 2 aliphatic rings. The molecule has 1 saturated carbocycles. The van der Waals surface area contributed by atoms with Crippen molar-refractivity contribution in [1.82, 2.24) is 10.3 Å². The third-order valence-corrected chi connectivity index (χ3v) is 8.24. The van der Waals surface area contributed by atoms with Crippen LogP contribution in [0.5, 0.6) is 0 Å². The van der Waals surface area contributed by atoms with E-state index in [1.165, 1.54) is 17.5 Å². The average molecular weight is 550 g/mol. The first kappa shape index (κ1) is 25.7. The molecule has 3 heterocycles. The van der Waals surface area contributed by atoms with Crippen molar-refractivity contribution >= 4 is 40.4 Å². The van der Waals surface area contributed by atoms with E-state index in [0.717, 1.165) is 17.5 Å². The van der Waals surface area contributed by atoms with Crippen LogP contribution in [0.25, 0.3) is 0 Å². The standard InChI is InChI=1S/C26H23ClF3N3O3S/c27-15-9-18(22(23(29)30)31-11-15)24(34)32-17-7-5-14(6-8-17)12-33-20-4-2-1-3-19(20)26(36,25(33)35)21-10-16(28)13-37-21/h1-4,9-11,13-14,17,23,36H,5-8,12H2,(H,32,34). The van der Waals surface area contributed by atoms with Gasteiger partial charge in [-0.05, 0) is 49.8 Å². The Morgan fingerprint density at radius 1 is 1.24 bits per heavy atom. The minimum atomic E-state index is -2.90. The molecule has 1 aromatic carbocycles. The minimum Gasteiger partial charge on any atom is -0.371 e. The molecule has 1 aliphatic carbocycles. The minimum absolute atomic E-state index is 0.0945. The number of benzene rings is 1. The number of carbonyl (C=O) groups is 2. The Labute approximate surface area is 220 Å². The molecule has 1 fully saturated rings. The van der Waals surface area contributed by atoms with Gasteiger partial charge in [-0.25, -0.2) is 13.2 Å². The Balaban J connectivity index is 1.26. The largest absolute Gasteiger partial charge is 0.371 e. The van der Waals surface area contributed by atoms with Crippen molar-refractivity contribution in [3.8, 4) is 0 Å². The summed E-state index contributed by atoms with van der Waals surface area (Å²) >= 11 is 6.86. The molecule has 37 heavy (non-hydrogen) atoms. The van der Waals surface area contributed by atoms with E-state index in [0.29, 0.717) is 43.5 Å². The number of para-hydroxylation sites is 1. The summed E-state index contributed by atoms with van der Waals surface area (Å²) in [5, 5.41) is 15.6. The van der Waals surface area contributed by atoms with Gasteiger partial charge in [-0.3, -0.25) is 14.6 Å². The Morgan fingerprint density at radius 3 is 2.65 bits per heavy atom. The van der Waals surface area contributed by atoms with Crippen molar-refractivity contribution in [2.45, 2.75) is 43.8 Å². The zero-order valence-corrected chi connectivity index (χ0v) is 21.0. The Bertz CT molecular complexity index is 1350. The van der Waals surface area contributed by atoms with Gasteiger partial charge < -0.3 is 15.3 Å². The number of fused-ring (bicyclic) bond motifs is 1. The monoisotopic (exact) mass is 549 g/mol. The molecule has 194 valence electrons. The fourth-order valence-electron chi connectivity index (χ4n) is 5.17. The van der Waals surface area contributed by atoms with Gasteiger partial charge in [0, 0.05) is 29.7 Å². The van der Waals surface area contributed by atoms with Crippen LogP contribution in [0, 0.1) is 11.7 Å². The van der Waals surface area contributed by atoms with Crippen LogP contribution < -0.4 is 10.2 Å². The van der Waals surface area contributed by atoms with E-state index in [1.54, 1.807) is 29.2 Å². The lowest BCUT2D eigenvalue weighted by Crippen LogP contribution is -2.44. The fraction of sp³-hybridized carbons (Fsp3) is 0.346. The highest BCUT2D eigenvalue weighted by Gasteiger charge is 2.52. The second-order valence-corrected chi connectivity index (χ2v) is 10.7. The highest BCUT2D eigenvalue weighted by molar-refractivity contribution is 7.10. The fourth-order valence-corrected chi connectivity index (χ4v) is 6.19. The maximum Gasteiger partial charge on any atom is 0.281 e. The number of halogens is 4. The molecule has 11 heteroatoms. The number of thiophene rings is 1. The zero-order valence-electron chi connectivity index (χ0n) is 19.5. The van der Waals surface area contributed by atoms with Crippen LogP contribution in [0.15, 0.2) is 48.0 Å². The number of alkyl halides is 2. The number of hydrogen-bond donors (Lipinski definition) is 2. The number of anilines is 1. The van der Waals surface area contributed by atoms with Crippen molar-refractivity contribution in [3.05, 3.63) is 80.5 Å². The normalized spacial score (nSPS) is 23.4. The summed E-state index contributed by atoms with van der Waals surface area (Å²) in [6, 6.07) is 9.11. The van der Waals surface area contributed by atoms with Crippen molar-refractivity contribution in [2.75, 3.05) is 11.4 Å². The molecule has 0 bridgehead atoms. The van der Waals surface area contributed by atoms with Crippen LogP contribution in [0.2, 0.25) is 5.02 Å². The first-order valence-electron chi connectivity index (χ1n) is 11.8. The first-order valence-corrected chi connectivity index (χ1v) is 13.1. The predicted molar refractivity (Wildman–Crippen MR) is 133 cm³/mol. The number of aromatic nitrogens is 1. The molecule has 6 nitrogen and oxygen atoms in total. The smallest absolute Gasteiger partial charge is 0.281 e. The Hall–Kier alpha value is -2.95. The molecule has 5 rings (SSSR count). The van der Waals surface area contributed by atoms with Crippen LogP contribution in [-0.2, 0) is 10.4 Å². The summed E-state index contributed by atoms with van der Waals surface area (Å²) in [6.07, 6.45) is 0.728. The van der Waals surface area contributed by atoms with Gasteiger partial charge in [-0.1, -0.05) is 29.8 Å². The van der Waals surface area contributed by atoms with E-state index in [9.17, 15) is 27.9 Å². The van der Waals surface area contributed by atoms with E-state index >= 15 is 0 Å². The number of hydrogen-bond acceptors (Lipinski definition) is 5. The van der Waals surface area contributed by atoms with E-state index in [4.69, 9.17) is 11.6 Å². The van der Waals surface area contributed by atoms with Crippen molar-refractivity contribution < 1.29 is 27.9 Å². The number of pyridine rings is 1. The van der Waals surface area contributed by atoms with Gasteiger partial charge in [-0.15, -0.1) is 11.3 Å². The number of amides is 2. The van der Waals surface area contributed by atoms with Gasteiger partial charge in [-0.2, -0.15) is 0 Å². The Kier molecular flexibility index (Phi) is 6.99. The molecular formula is C26H23ClF3N3O3S. The number of carbonyl (C=O) groups excluding carboxylic acids is 2. The third-order valence-electron chi connectivity index (χ3n) is 7.02. The van der Waals surface area contributed by atoms with E-state index < -0.39 is 35.4 Å². The Morgan fingerprint density at radius 2 is 1.97 bits per heavy atom. The molecule has 2 amide bonds. The topological polar surface area (TPSA) is 82.5 Å². The quantitative estimate of drug-likeness (QED) is 0.429.